The van der Waals surface area contributed by atoms with Crippen molar-refractivity contribution in [2.24, 2.45) is 0 Å². The largest absolute Gasteiger partial charge is 0.479 e. The van der Waals surface area contributed by atoms with Gasteiger partial charge in [-0.25, -0.2) is 4.79 Å². The Hall–Kier alpha value is -2.14. The number of rotatable bonds is 3. The molecule has 0 unspecified atom stereocenters. The van der Waals surface area contributed by atoms with Crippen molar-refractivity contribution in [2.75, 3.05) is 13.1 Å². The van der Waals surface area contributed by atoms with Crippen LogP contribution in [0, 0.1) is 0 Å². The van der Waals surface area contributed by atoms with Gasteiger partial charge in [-0.1, -0.05) is 36.4 Å². The zero-order valence-electron chi connectivity index (χ0n) is 12.3. The van der Waals surface area contributed by atoms with Gasteiger partial charge in [-0.3, -0.25) is 4.79 Å². The zero-order chi connectivity index (χ0) is 15.5. The topological polar surface area (TPSA) is 66.8 Å². The molecule has 1 amide bonds. The second-order valence-electron chi connectivity index (χ2n) is 5.66. The Morgan fingerprint density at radius 1 is 1.14 bits per heavy atom. The summed E-state index contributed by atoms with van der Waals surface area (Å²) in [6, 6.07) is 10.1. The van der Waals surface area contributed by atoms with Crippen LogP contribution in [-0.4, -0.2) is 47.2 Å². The lowest BCUT2D eigenvalue weighted by molar-refractivity contribution is -0.154. The quantitative estimate of drug-likeness (QED) is 0.926. The molecular formula is C17H19NO4. The molecule has 2 aliphatic rings. The van der Waals surface area contributed by atoms with E-state index in [0.717, 1.165) is 6.42 Å². The number of ether oxygens (including phenoxy) is 1. The third-order valence-electron chi connectivity index (χ3n) is 4.24. The number of amides is 1. The molecule has 1 aromatic carbocycles. The Bertz CT molecular complexity index is 596. The second kappa shape index (κ2) is 6.32. The van der Waals surface area contributed by atoms with Crippen LogP contribution >= 0.6 is 0 Å². The van der Waals surface area contributed by atoms with Crippen LogP contribution in [0.2, 0.25) is 0 Å². The normalized spacial score (nSPS) is 24.9. The van der Waals surface area contributed by atoms with E-state index in [4.69, 9.17) is 9.84 Å². The molecule has 0 aromatic heterocycles. The fourth-order valence-corrected chi connectivity index (χ4v) is 2.99. The highest BCUT2D eigenvalue weighted by Crippen LogP contribution is 2.25. The van der Waals surface area contributed by atoms with Gasteiger partial charge in [-0.15, -0.1) is 0 Å². The third-order valence-corrected chi connectivity index (χ3v) is 4.24. The molecule has 116 valence electrons. The highest BCUT2D eigenvalue weighted by Gasteiger charge is 2.37. The standard InChI is InChI=1S/C17H19NO4/c19-16(14-6-7-15(22-14)17(20)21)18-10-8-13(9-11-18)12-4-2-1-3-5-12/h1-5,8,14-15H,6-7,9-11H2,(H,20,21)/t14-,15+/m0/s1. The van der Waals surface area contributed by atoms with E-state index in [-0.39, 0.29) is 5.91 Å². The molecule has 1 saturated heterocycles. The Morgan fingerprint density at radius 2 is 1.86 bits per heavy atom. The Balaban J connectivity index is 1.60. The summed E-state index contributed by atoms with van der Waals surface area (Å²) in [6.45, 7) is 1.21. The summed E-state index contributed by atoms with van der Waals surface area (Å²) < 4.78 is 5.34. The fraction of sp³-hybridized carbons (Fsp3) is 0.412. The number of carboxylic acids is 1. The van der Waals surface area contributed by atoms with Crippen molar-refractivity contribution in [2.45, 2.75) is 31.5 Å². The first-order chi connectivity index (χ1) is 10.6. The first-order valence-electron chi connectivity index (χ1n) is 7.56. The van der Waals surface area contributed by atoms with E-state index in [9.17, 15) is 9.59 Å². The smallest absolute Gasteiger partial charge is 0.332 e. The molecule has 2 atom stereocenters. The summed E-state index contributed by atoms with van der Waals surface area (Å²) in [6.07, 6.45) is 2.33. The van der Waals surface area contributed by atoms with E-state index in [2.05, 4.69) is 18.2 Å². The number of nitrogens with zero attached hydrogens (tertiary/aromatic N) is 1. The van der Waals surface area contributed by atoms with Crippen LogP contribution in [0.15, 0.2) is 36.4 Å². The van der Waals surface area contributed by atoms with Crippen molar-refractivity contribution < 1.29 is 19.4 Å². The van der Waals surface area contributed by atoms with Gasteiger partial charge >= 0.3 is 5.97 Å². The molecular weight excluding hydrogens is 282 g/mol. The molecule has 0 spiro atoms. The molecule has 0 saturated carbocycles. The number of carboxylic acid groups (broad SMARTS) is 1. The molecule has 2 heterocycles. The van der Waals surface area contributed by atoms with E-state index < -0.39 is 18.2 Å². The van der Waals surface area contributed by atoms with Gasteiger partial charge in [-0.05, 0) is 30.4 Å². The second-order valence-corrected chi connectivity index (χ2v) is 5.66. The van der Waals surface area contributed by atoms with E-state index in [0.29, 0.717) is 25.9 Å². The predicted molar refractivity (Wildman–Crippen MR) is 81.1 cm³/mol. The summed E-state index contributed by atoms with van der Waals surface area (Å²) in [5.74, 6) is -1.08. The van der Waals surface area contributed by atoms with Crippen molar-refractivity contribution in [3.63, 3.8) is 0 Å². The first-order valence-corrected chi connectivity index (χ1v) is 7.56. The van der Waals surface area contributed by atoms with Crippen molar-refractivity contribution >= 4 is 17.4 Å². The van der Waals surface area contributed by atoms with Crippen LogP contribution in [-0.2, 0) is 14.3 Å². The third kappa shape index (κ3) is 3.04. The molecule has 0 radical (unpaired) electrons. The minimum Gasteiger partial charge on any atom is -0.479 e. The number of aliphatic carboxylic acids is 1. The van der Waals surface area contributed by atoms with Gasteiger partial charge in [-0.2, -0.15) is 0 Å². The van der Waals surface area contributed by atoms with Crippen molar-refractivity contribution in [3.05, 3.63) is 42.0 Å². The number of hydrogen-bond acceptors (Lipinski definition) is 3. The minimum absolute atomic E-state index is 0.0906. The van der Waals surface area contributed by atoms with E-state index in [1.165, 1.54) is 11.1 Å². The predicted octanol–water partition coefficient (Wildman–Crippen LogP) is 1.93. The number of hydrogen-bond donors (Lipinski definition) is 1. The molecule has 0 aliphatic carbocycles. The lowest BCUT2D eigenvalue weighted by Gasteiger charge is -2.28. The van der Waals surface area contributed by atoms with E-state index in [1.807, 2.05) is 18.2 Å². The highest BCUT2D eigenvalue weighted by atomic mass is 16.5. The molecule has 5 heteroatoms. The SMILES string of the molecule is O=C(O)[C@H]1CC[C@@H](C(=O)N2CC=C(c3ccccc3)CC2)O1. The molecule has 22 heavy (non-hydrogen) atoms. The van der Waals surface area contributed by atoms with Crippen LogP contribution in [0.4, 0.5) is 0 Å². The van der Waals surface area contributed by atoms with Gasteiger partial charge in [0.2, 0.25) is 0 Å². The molecule has 0 bridgehead atoms. The lowest BCUT2D eigenvalue weighted by Crippen LogP contribution is -2.41. The Morgan fingerprint density at radius 3 is 2.45 bits per heavy atom. The van der Waals surface area contributed by atoms with Crippen molar-refractivity contribution in [3.8, 4) is 0 Å². The van der Waals surface area contributed by atoms with Crippen LogP contribution in [0.25, 0.3) is 5.57 Å². The Labute approximate surface area is 129 Å². The zero-order valence-corrected chi connectivity index (χ0v) is 12.3. The van der Waals surface area contributed by atoms with Crippen LogP contribution in [0.1, 0.15) is 24.8 Å². The average molecular weight is 301 g/mol. The molecule has 1 aromatic rings. The molecule has 1 N–H and O–H groups in total. The van der Waals surface area contributed by atoms with Gasteiger partial charge in [0.05, 0.1) is 0 Å². The maximum absolute atomic E-state index is 12.4. The molecule has 2 aliphatic heterocycles. The summed E-state index contributed by atoms with van der Waals surface area (Å²) in [7, 11) is 0. The van der Waals surface area contributed by atoms with Gasteiger partial charge in [0.1, 0.15) is 6.10 Å². The first kappa shape index (κ1) is 14.8. The Kier molecular flexibility index (Phi) is 4.24. The number of benzene rings is 1. The molecule has 1 fully saturated rings. The summed E-state index contributed by atoms with van der Waals surface area (Å²) >= 11 is 0. The van der Waals surface area contributed by atoms with Crippen molar-refractivity contribution in [1.82, 2.24) is 4.90 Å². The van der Waals surface area contributed by atoms with Gasteiger partial charge in [0.15, 0.2) is 6.10 Å². The summed E-state index contributed by atoms with van der Waals surface area (Å²) in [5, 5.41) is 8.92. The maximum Gasteiger partial charge on any atom is 0.332 e. The number of carbonyl (C=O) groups excluding carboxylic acids is 1. The lowest BCUT2D eigenvalue weighted by atomic mass is 9.99. The molecule has 5 nitrogen and oxygen atoms in total. The van der Waals surface area contributed by atoms with Gasteiger partial charge in [0, 0.05) is 13.1 Å². The fourth-order valence-electron chi connectivity index (χ4n) is 2.99. The van der Waals surface area contributed by atoms with Gasteiger partial charge < -0.3 is 14.7 Å². The summed E-state index contributed by atoms with van der Waals surface area (Å²) in [5.41, 5.74) is 2.44. The van der Waals surface area contributed by atoms with E-state index >= 15 is 0 Å². The average Bonchev–Trinajstić information content (AvgIpc) is 3.05. The van der Waals surface area contributed by atoms with Crippen LogP contribution in [0.3, 0.4) is 0 Å². The number of carbonyl (C=O) groups is 2. The molecule has 3 rings (SSSR count). The van der Waals surface area contributed by atoms with E-state index in [1.54, 1.807) is 4.90 Å². The van der Waals surface area contributed by atoms with Crippen LogP contribution in [0.5, 0.6) is 0 Å². The monoisotopic (exact) mass is 301 g/mol. The van der Waals surface area contributed by atoms with Gasteiger partial charge in [0.25, 0.3) is 5.91 Å². The highest BCUT2D eigenvalue weighted by molar-refractivity contribution is 5.84. The van der Waals surface area contributed by atoms with Crippen LogP contribution < -0.4 is 0 Å². The summed E-state index contributed by atoms with van der Waals surface area (Å²) in [4.78, 5) is 25.0. The van der Waals surface area contributed by atoms with Crippen molar-refractivity contribution in [1.29, 1.82) is 0 Å². The minimum atomic E-state index is -0.986. The maximum atomic E-state index is 12.4.